The van der Waals surface area contributed by atoms with Gasteiger partial charge in [-0.25, -0.2) is 4.79 Å². The Morgan fingerprint density at radius 3 is 1.10 bits per heavy atom. The minimum absolute atomic E-state index is 0.104. The molecular weight excluding hydrogens is 620 g/mol. The van der Waals surface area contributed by atoms with E-state index in [9.17, 15) is 24.0 Å². The number of urea groups is 1. The van der Waals surface area contributed by atoms with E-state index in [0.29, 0.717) is 25.7 Å². The highest BCUT2D eigenvalue weighted by Gasteiger charge is 2.49. The van der Waals surface area contributed by atoms with E-state index < -0.39 is 35.1 Å². The quantitative estimate of drug-likeness (QED) is 0.0806. The van der Waals surface area contributed by atoms with Gasteiger partial charge in [0.15, 0.2) is 0 Å². The first-order valence-electron chi connectivity index (χ1n) is 16.6. The number of carbonyl (C=O) groups is 5. The van der Waals surface area contributed by atoms with Gasteiger partial charge in [0.25, 0.3) is 0 Å². The molecule has 1 saturated heterocycles. The summed E-state index contributed by atoms with van der Waals surface area (Å²) in [5.74, 6) is -3.25. The Morgan fingerprint density at radius 2 is 0.796 bits per heavy atom. The van der Waals surface area contributed by atoms with Crippen molar-refractivity contribution < 1.29 is 33.4 Å². The number of unbranched alkanes of at least 4 members (excludes halogenated alkanes) is 2. The molecule has 4 aromatic carbocycles. The van der Waals surface area contributed by atoms with E-state index in [4.69, 9.17) is 9.47 Å². The summed E-state index contributed by atoms with van der Waals surface area (Å²) in [6, 6.07) is 36.8. The Labute approximate surface area is 286 Å². The van der Waals surface area contributed by atoms with Gasteiger partial charge in [0.05, 0.1) is 13.2 Å². The molecule has 252 valence electrons. The Morgan fingerprint density at radius 1 is 0.490 bits per heavy atom. The van der Waals surface area contributed by atoms with E-state index in [1.165, 1.54) is 0 Å². The van der Waals surface area contributed by atoms with Gasteiger partial charge in [-0.15, -0.1) is 0 Å². The maximum atomic E-state index is 13.2. The first kappa shape index (κ1) is 34.8. The number of hydrogen-bond acceptors (Lipinski definition) is 7. The van der Waals surface area contributed by atoms with Gasteiger partial charge in [0.2, 0.25) is 11.8 Å². The maximum Gasteiger partial charge on any atom is 0.328 e. The normalized spacial score (nSPS) is 13.9. The second-order valence-electron chi connectivity index (χ2n) is 12.1. The monoisotopic (exact) mass is 660 g/mol. The van der Waals surface area contributed by atoms with E-state index >= 15 is 0 Å². The lowest BCUT2D eigenvalue weighted by Gasteiger charge is -2.34. The second kappa shape index (κ2) is 17.0. The highest BCUT2D eigenvalue weighted by atomic mass is 16.5. The van der Waals surface area contributed by atoms with Gasteiger partial charge in [0, 0.05) is 0 Å². The summed E-state index contributed by atoms with van der Waals surface area (Å²) >= 11 is 0. The predicted octanol–water partition coefficient (Wildman–Crippen LogP) is 6.43. The first-order chi connectivity index (χ1) is 23.9. The summed E-state index contributed by atoms with van der Waals surface area (Å²) in [6.07, 6.45) is 1.93. The number of carbonyl (C=O) groups excluding carboxylic acids is 5. The van der Waals surface area contributed by atoms with Gasteiger partial charge in [-0.1, -0.05) is 121 Å². The van der Waals surface area contributed by atoms with Crippen LogP contribution in [0.2, 0.25) is 0 Å². The van der Waals surface area contributed by atoms with Crippen LogP contribution in [0.25, 0.3) is 0 Å². The van der Waals surface area contributed by atoms with Crippen molar-refractivity contribution in [2.75, 3.05) is 13.2 Å². The molecule has 1 aliphatic rings. The van der Waals surface area contributed by atoms with Crippen molar-refractivity contribution in [3.05, 3.63) is 144 Å². The van der Waals surface area contributed by atoms with Gasteiger partial charge >= 0.3 is 18.0 Å². The zero-order valence-corrected chi connectivity index (χ0v) is 27.2. The Kier molecular flexibility index (Phi) is 12.1. The Balaban J connectivity index is 1.14. The summed E-state index contributed by atoms with van der Waals surface area (Å²) in [5, 5.41) is 4.48. The van der Waals surface area contributed by atoms with Crippen molar-refractivity contribution in [3.8, 4) is 0 Å². The van der Waals surface area contributed by atoms with Crippen LogP contribution in [-0.4, -0.2) is 43.0 Å². The van der Waals surface area contributed by atoms with E-state index in [0.717, 1.165) is 22.3 Å². The third-order valence-corrected chi connectivity index (χ3v) is 8.81. The summed E-state index contributed by atoms with van der Waals surface area (Å²) in [5.41, 5.74) is 1.80. The summed E-state index contributed by atoms with van der Waals surface area (Å²) in [7, 11) is 0. The molecule has 2 N–H and O–H groups in total. The smallest absolute Gasteiger partial charge is 0.328 e. The number of hydrogen-bond donors (Lipinski definition) is 2. The predicted molar refractivity (Wildman–Crippen MR) is 183 cm³/mol. The van der Waals surface area contributed by atoms with Crippen LogP contribution >= 0.6 is 0 Å². The highest BCUT2D eigenvalue weighted by Crippen LogP contribution is 2.34. The van der Waals surface area contributed by atoms with Crippen molar-refractivity contribution in [2.24, 2.45) is 5.41 Å². The third-order valence-electron chi connectivity index (χ3n) is 8.81. The van der Waals surface area contributed by atoms with Crippen LogP contribution in [0.3, 0.4) is 0 Å². The van der Waals surface area contributed by atoms with Crippen LogP contribution in [0.4, 0.5) is 4.79 Å². The third kappa shape index (κ3) is 8.87. The first-order valence-corrected chi connectivity index (χ1v) is 16.6. The minimum Gasteiger partial charge on any atom is -0.465 e. The molecule has 4 amide bonds. The van der Waals surface area contributed by atoms with Crippen LogP contribution < -0.4 is 10.6 Å². The van der Waals surface area contributed by atoms with Crippen LogP contribution in [0.15, 0.2) is 121 Å². The lowest BCUT2D eigenvalue weighted by atomic mass is 9.75. The molecule has 9 nitrogen and oxygen atoms in total. The Hall–Kier alpha value is -5.57. The molecule has 0 spiro atoms. The fourth-order valence-electron chi connectivity index (χ4n) is 6.24. The number of benzene rings is 4. The molecule has 1 heterocycles. The van der Waals surface area contributed by atoms with Crippen LogP contribution in [0, 0.1) is 5.41 Å². The van der Waals surface area contributed by atoms with Gasteiger partial charge in [-0.05, 0) is 60.8 Å². The molecule has 4 aromatic rings. The largest absolute Gasteiger partial charge is 0.465 e. The zero-order chi connectivity index (χ0) is 34.5. The molecule has 49 heavy (non-hydrogen) atoms. The molecule has 0 radical (unpaired) electrons. The average molecular weight is 661 g/mol. The van der Waals surface area contributed by atoms with Crippen molar-refractivity contribution in [2.45, 2.75) is 50.4 Å². The van der Waals surface area contributed by atoms with E-state index in [1.54, 1.807) is 0 Å². The van der Waals surface area contributed by atoms with Crippen molar-refractivity contribution >= 4 is 29.8 Å². The van der Waals surface area contributed by atoms with Gasteiger partial charge < -0.3 is 9.47 Å². The molecular formula is C40H40N2O7. The number of rotatable bonds is 16. The van der Waals surface area contributed by atoms with E-state index in [2.05, 4.69) is 10.6 Å². The molecule has 0 unspecified atom stereocenters. The molecule has 5 rings (SSSR count). The van der Waals surface area contributed by atoms with Gasteiger partial charge in [0.1, 0.15) is 17.3 Å². The molecule has 1 fully saturated rings. The van der Waals surface area contributed by atoms with Crippen molar-refractivity contribution in [1.29, 1.82) is 0 Å². The lowest BCUT2D eigenvalue weighted by molar-refractivity contribution is -0.148. The zero-order valence-electron chi connectivity index (χ0n) is 27.2. The Bertz CT molecular complexity index is 1510. The topological polar surface area (TPSA) is 128 Å². The van der Waals surface area contributed by atoms with E-state index in [-0.39, 0.29) is 38.0 Å². The number of barbiturate groups is 1. The number of ether oxygens (including phenoxy) is 2. The molecule has 1 aliphatic heterocycles. The molecule has 0 saturated carbocycles. The lowest BCUT2D eigenvalue weighted by Crippen LogP contribution is -2.62. The fraction of sp³-hybridized carbons (Fsp3) is 0.275. The average Bonchev–Trinajstić information content (AvgIpc) is 3.12. The molecule has 0 aliphatic carbocycles. The molecule has 0 atom stereocenters. The molecule has 9 heteroatoms. The number of esters is 2. The van der Waals surface area contributed by atoms with Crippen LogP contribution in [0.5, 0.6) is 0 Å². The van der Waals surface area contributed by atoms with Gasteiger partial charge in [-0.2, -0.15) is 0 Å². The van der Waals surface area contributed by atoms with E-state index in [1.807, 2.05) is 121 Å². The van der Waals surface area contributed by atoms with Crippen LogP contribution in [0.1, 0.15) is 72.6 Å². The van der Waals surface area contributed by atoms with Gasteiger partial charge in [-0.3, -0.25) is 29.8 Å². The van der Waals surface area contributed by atoms with Crippen LogP contribution in [-0.2, 0) is 28.7 Å². The standard InChI is InChI=1S/C40H40N2O7/c43-35(33(29-17-5-1-6-18-29)30-19-7-2-8-20-30)48-27-15-13-25-40(37(45)41-39(47)42-38(40)46)26-14-16-28-49-36(44)34(31-21-9-3-10-22-31)32-23-11-4-12-24-32/h1-12,17-24,33-34H,13-16,25-28H2,(H2,41,42,45,46,47). The summed E-state index contributed by atoms with van der Waals surface area (Å²) < 4.78 is 11.4. The summed E-state index contributed by atoms with van der Waals surface area (Å²) in [6.45, 7) is 0.209. The van der Waals surface area contributed by atoms with Crippen molar-refractivity contribution in [3.63, 3.8) is 0 Å². The maximum absolute atomic E-state index is 13.2. The number of imide groups is 2. The fourth-order valence-corrected chi connectivity index (χ4v) is 6.24. The molecule has 0 bridgehead atoms. The number of nitrogens with one attached hydrogen (secondary N) is 2. The number of amides is 4. The summed E-state index contributed by atoms with van der Waals surface area (Å²) in [4.78, 5) is 64.6. The van der Waals surface area contributed by atoms with Crippen molar-refractivity contribution in [1.82, 2.24) is 10.6 Å². The second-order valence-corrected chi connectivity index (χ2v) is 12.1. The molecule has 0 aromatic heterocycles. The highest BCUT2D eigenvalue weighted by molar-refractivity contribution is 6.19. The minimum atomic E-state index is -1.48. The SMILES string of the molecule is O=C1NC(=O)C(CCCCOC(=O)C(c2ccccc2)c2ccccc2)(CCCCOC(=O)C(c2ccccc2)c2ccccc2)C(=O)N1.